The van der Waals surface area contributed by atoms with Crippen LogP contribution in [0.25, 0.3) is 10.8 Å². The van der Waals surface area contributed by atoms with Crippen molar-refractivity contribution in [2.75, 3.05) is 0 Å². The monoisotopic (exact) mass is 522 g/mol. The second kappa shape index (κ2) is 8.46. The second-order valence-corrected chi connectivity index (χ2v) is 12.4. The average Bonchev–Trinajstić information content (AvgIpc) is 3.04. The Bertz CT molecular complexity index is 1270. The van der Waals surface area contributed by atoms with E-state index in [-0.39, 0.29) is 5.97 Å². The molecule has 37 heavy (non-hydrogen) atoms. The first-order chi connectivity index (χ1) is 17.8. The number of carbonyl (C=O) groups is 3. The fraction of sp³-hybridized carbons (Fsp3) is 0.552. The Morgan fingerprint density at radius 2 is 1.59 bits per heavy atom. The van der Waals surface area contributed by atoms with Crippen molar-refractivity contribution in [2.24, 2.45) is 29.1 Å². The zero-order valence-corrected chi connectivity index (χ0v) is 21.5. The van der Waals surface area contributed by atoms with Crippen molar-refractivity contribution >= 4 is 41.3 Å². The third kappa shape index (κ3) is 3.86. The maximum atomic E-state index is 13.6. The molecule has 4 aliphatic carbocycles. The number of benzene rings is 2. The standard InChI is InChI=1S/C29H30O7S/c1-14-23-25(36-28(32)29-11-15-6-16(12-29)8-17(7-15)13-29)24(33-14)22(27(31)35-23)26(30)34-20-4-2-19-10-21(37)5-3-18(19)9-20/h2-5,9-10,14-17,22-25,37H,6-8,11-13H2,1H3. The molecule has 2 aromatic carbocycles. The van der Waals surface area contributed by atoms with Gasteiger partial charge in [-0.25, -0.2) is 0 Å². The fourth-order valence-corrected chi connectivity index (χ4v) is 8.27. The van der Waals surface area contributed by atoms with Crippen LogP contribution in [0.2, 0.25) is 0 Å². The molecule has 2 saturated heterocycles. The van der Waals surface area contributed by atoms with Crippen LogP contribution in [0.5, 0.6) is 5.75 Å². The molecule has 2 heterocycles. The van der Waals surface area contributed by atoms with Crippen LogP contribution in [0.1, 0.15) is 45.4 Å². The van der Waals surface area contributed by atoms with E-state index in [1.165, 1.54) is 19.3 Å². The van der Waals surface area contributed by atoms with Crippen LogP contribution < -0.4 is 4.74 Å². The molecule has 0 amide bonds. The van der Waals surface area contributed by atoms with Gasteiger partial charge < -0.3 is 18.9 Å². The summed E-state index contributed by atoms with van der Waals surface area (Å²) in [6.45, 7) is 1.77. The summed E-state index contributed by atoms with van der Waals surface area (Å²) in [5.74, 6) is -0.918. The van der Waals surface area contributed by atoms with Gasteiger partial charge in [0.25, 0.3) is 0 Å². The number of carbonyl (C=O) groups excluding carboxylic acids is 3. The van der Waals surface area contributed by atoms with Crippen molar-refractivity contribution in [3.05, 3.63) is 36.4 Å². The number of thiol groups is 1. The summed E-state index contributed by atoms with van der Waals surface area (Å²) in [5.41, 5.74) is -0.452. The zero-order valence-electron chi connectivity index (χ0n) is 20.6. The van der Waals surface area contributed by atoms with Crippen LogP contribution in [-0.4, -0.2) is 42.3 Å². The summed E-state index contributed by atoms with van der Waals surface area (Å²) in [6.07, 6.45) is 3.31. The van der Waals surface area contributed by atoms with E-state index in [1.54, 1.807) is 19.1 Å². The van der Waals surface area contributed by atoms with Crippen molar-refractivity contribution in [2.45, 2.75) is 74.8 Å². The summed E-state index contributed by atoms with van der Waals surface area (Å²) in [4.78, 5) is 40.6. The Morgan fingerprint density at radius 3 is 2.30 bits per heavy atom. The van der Waals surface area contributed by atoms with Gasteiger partial charge in [-0.1, -0.05) is 12.1 Å². The van der Waals surface area contributed by atoms with Gasteiger partial charge in [-0.2, -0.15) is 0 Å². The van der Waals surface area contributed by atoms with Crippen LogP contribution in [0.4, 0.5) is 0 Å². The van der Waals surface area contributed by atoms with Gasteiger partial charge in [0.05, 0.1) is 11.5 Å². The van der Waals surface area contributed by atoms with Crippen molar-refractivity contribution in [3.8, 4) is 5.75 Å². The molecule has 6 aliphatic rings. The Balaban J connectivity index is 1.11. The van der Waals surface area contributed by atoms with Crippen molar-refractivity contribution in [1.29, 1.82) is 0 Å². The Labute approximate surface area is 220 Å². The molecule has 2 aliphatic heterocycles. The molecule has 6 bridgehead atoms. The minimum atomic E-state index is -1.33. The first-order valence-electron chi connectivity index (χ1n) is 13.3. The maximum absolute atomic E-state index is 13.6. The molecular formula is C29H30O7S. The molecule has 6 fully saturated rings. The molecule has 5 unspecified atom stereocenters. The summed E-state index contributed by atoms with van der Waals surface area (Å²) < 4.78 is 23.4. The smallest absolute Gasteiger partial charge is 0.328 e. The number of hydrogen-bond acceptors (Lipinski definition) is 8. The molecule has 7 nitrogen and oxygen atoms in total. The number of ether oxygens (including phenoxy) is 4. The topological polar surface area (TPSA) is 88.1 Å². The van der Waals surface area contributed by atoms with E-state index < -0.39 is 47.7 Å². The number of hydrogen-bond donors (Lipinski definition) is 1. The van der Waals surface area contributed by atoms with Gasteiger partial charge in [-0.3, -0.25) is 14.4 Å². The molecule has 2 aromatic rings. The van der Waals surface area contributed by atoms with Crippen LogP contribution in [0.3, 0.4) is 0 Å². The number of fused-ring (bicyclic) bond motifs is 3. The van der Waals surface area contributed by atoms with Gasteiger partial charge in [0, 0.05) is 4.90 Å². The SMILES string of the molecule is CC1OC2C(C(=O)Oc3ccc4cc(S)ccc4c3)C(=O)OC1C2OC(=O)C12CC3CC(CC(C3)C1)C2. The van der Waals surface area contributed by atoms with Crippen LogP contribution >= 0.6 is 12.6 Å². The van der Waals surface area contributed by atoms with E-state index in [4.69, 9.17) is 18.9 Å². The lowest BCUT2D eigenvalue weighted by atomic mass is 9.49. The number of esters is 3. The van der Waals surface area contributed by atoms with Gasteiger partial charge in [-0.05, 0) is 98.2 Å². The molecule has 0 radical (unpaired) electrons. The lowest BCUT2D eigenvalue weighted by Gasteiger charge is -2.55. The van der Waals surface area contributed by atoms with Gasteiger partial charge in [0.1, 0.15) is 11.9 Å². The molecule has 0 N–H and O–H groups in total. The molecule has 8 rings (SSSR count). The van der Waals surface area contributed by atoms with Crippen molar-refractivity contribution in [3.63, 3.8) is 0 Å². The predicted molar refractivity (Wildman–Crippen MR) is 135 cm³/mol. The molecule has 8 heteroatoms. The first kappa shape index (κ1) is 23.5. The third-order valence-electron chi connectivity index (χ3n) is 9.30. The largest absolute Gasteiger partial charge is 0.455 e. The van der Waals surface area contributed by atoms with Crippen LogP contribution in [-0.2, 0) is 28.6 Å². The van der Waals surface area contributed by atoms with E-state index in [2.05, 4.69) is 12.6 Å². The quantitative estimate of drug-likeness (QED) is 0.274. The molecule has 4 saturated carbocycles. The Morgan fingerprint density at radius 1 is 0.946 bits per heavy atom. The van der Waals surface area contributed by atoms with Gasteiger partial charge in [-0.15, -0.1) is 12.6 Å². The Kier molecular flexibility index (Phi) is 5.38. The highest BCUT2D eigenvalue weighted by molar-refractivity contribution is 7.80. The molecule has 0 aromatic heterocycles. The minimum Gasteiger partial charge on any atom is -0.455 e. The zero-order chi connectivity index (χ0) is 25.5. The summed E-state index contributed by atoms with van der Waals surface area (Å²) >= 11 is 4.36. The van der Waals surface area contributed by atoms with E-state index in [0.717, 1.165) is 34.9 Å². The summed E-state index contributed by atoms with van der Waals surface area (Å²) in [5, 5.41) is 1.83. The third-order valence-corrected chi connectivity index (χ3v) is 9.58. The highest BCUT2D eigenvalue weighted by atomic mass is 32.1. The van der Waals surface area contributed by atoms with Gasteiger partial charge in [0.15, 0.2) is 18.1 Å². The summed E-state index contributed by atoms with van der Waals surface area (Å²) in [7, 11) is 0. The molecule has 0 spiro atoms. The fourth-order valence-electron chi connectivity index (χ4n) is 8.06. The van der Waals surface area contributed by atoms with Gasteiger partial charge >= 0.3 is 17.9 Å². The van der Waals surface area contributed by atoms with E-state index in [9.17, 15) is 14.4 Å². The average molecular weight is 523 g/mol. The molecule has 5 atom stereocenters. The highest BCUT2D eigenvalue weighted by Gasteiger charge is 2.62. The lowest BCUT2D eigenvalue weighted by Crippen LogP contribution is -2.56. The van der Waals surface area contributed by atoms with Crippen molar-refractivity contribution < 1.29 is 33.3 Å². The number of rotatable bonds is 4. The van der Waals surface area contributed by atoms with Gasteiger partial charge in [0.2, 0.25) is 0 Å². The maximum Gasteiger partial charge on any atom is 0.328 e. The van der Waals surface area contributed by atoms with Crippen LogP contribution in [0, 0.1) is 29.1 Å². The normalized spacial score (nSPS) is 39.5. The Hall–Kier alpha value is -2.58. The summed E-state index contributed by atoms with van der Waals surface area (Å²) in [6, 6.07) is 10.9. The highest BCUT2D eigenvalue weighted by Crippen LogP contribution is 2.60. The van der Waals surface area contributed by atoms with E-state index in [0.29, 0.717) is 23.5 Å². The molecular weight excluding hydrogens is 492 g/mol. The first-order valence-corrected chi connectivity index (χ1v) is 13.7. The molecule has 194 valence electrons. The second-order valence-electron chi connectivity index (χ2n) is 11.9. The van der Waals surface area contributed by atoms with E-state index in [1.807, 2.05) is 24.3 Å². The van der Waals surface area contributed by atoms with E-state index >= 15 is 0 Å². The van der Waals surface area contributed by atoms with Crippen LogP contribution in [0.15, 0.2) is 41.3 Å². The minimum absolute atomic E-state index is 0.215. The van der Waals surface area contributed by atoms with Crippen molar-refractivity contribution in [1.82, 2.24) is 0 Å². The lowest BCUT2D eigenvalue weighted by molar-refractivity contribution is -0.199. The predicted octanol–water partition coefficient (Wildman–Crippen LogP) is 4.49.